The van der Waals surface area contributed by atoms with Crippen molar-refractivity contribution >= 4 is 15.9 Å². The molecule has 7 nitrogen and oxygen atoms in total. The van der Waals surface area contributed by atoms with Crippen LogP contribution in [0.5, 0.6) is 6.01 Å². The molecule has 0 saturated heterocycles. The van der Waals surface area contributed by atoms with Crippen LogP contribution in [0.1, 0.15) is 17.0 Å². The zero-order valence-electron chi connectivity index (χ0n) is 12.1. The number of halogens is 1. The van der Waals surface area contributed by atoms with E-state index in [2.05, 4.69) is 41.2 Å². The Labute approximate surface area is 135 Å². The van der Waals surface area contributed by atoms with Crippen LogP contribution in [0.15, 0.2) is 35.2 Å². The van der Waals surface area contributed by atoms with Crippen LogP contribution in [-0.2, 0) is 6.61 Å². The molecule has 3 aromatic heterocycles. The van der Waals surface area contributed by atoms with Gasteiger partial charge in [0.1, 0.15) is 12.3 Å². The molecule has 3 heterocycles. The maximum absolute atomic E-state index is 5.47. The van der Waals surface area contributed by atoms with E-state index in [0.29, 0.717) is 17.5 Å². The molecule has 0 fully saturated rings. The van der Waals surface area contributed by atoms with Crippen LogP contribution in [0, 0.1) is 13.8 Å². The molecule has 0 bridgehead atoms. The van der Waals surface area contributed by atoms with Gasteiger partial charge in [-0.25, -0.2) is 19.6 Å². The minimum atomic E-state index is 0.249. The first-order valence-corrected chi connectivity index (χ1v) is 7.37. The van der Waals surface area contributed by atoms with E-state index in [1.54, 1.807) is 23.3 Å². The van der Waals surface area contributed by atoms with Gasteiger partial charge in [0.2, 0.25) is 0 Å². The Morgan fingerprint density at radius 2 is 1.95 bits per heavy atom. The molecule has 0 aliphatic heterocycles. The highest BCUT2D eigenvalue weighted by Crippen LogP contribution is 2.15. The van der Waals surface area contributed by atoms with Crippen LogP contribution in [-0.4, -0.2) is 29.9 Å². The molecule has 0 radical (unpaired) electrons. The zero-order chi connectivity index (χ0) is 15.5. The number of rotatable bonds is 4. The average Bonchev–Trinajstić information content (AvgIpc) is 2.98. The van der Waals surface area contributed by atoms with Crippen molar-refractivity contribution in [3.63, 3.8) is 0 Å². The lowest BCUT2D eigenvalue weighted by molar-refractivity contribution is 0.276. The molecule has 0 saturated carbocycles. The third-order valence-electron chi connectivity index (χ3n) is 2.89. The van der Waals surface area contributed by atoms with Crippen LogP contribution in [0.25, 0.3) is 5.82 Å². The lowest BCUT2D eigenvalue weighted by Gasteiger charge is -2.02. The summed E-state index contributed by atoms with van der Waals surface area (Å²) in [4.78, 5) is 12.6. The van der Waals surface area contributed by atoms with Crippen molar-refractivity contribution in [3.05, 3.63) is 52.1 Å². The summed E-state index contributed by atoms with van der Waals surface area (Å²) in [5.41, 5.74) is 2.54. The molecule has 0 unspecified atom stereocenters. The van der Waals surface area contributed by atoms with Crippen LogP contribution in [0.2, 0.25) is 0 Å². The predicted molar refractivity (Wildman–Crippen MR) is 82.7 cm³/mol. The standard InChI is InChI=1S/C14H13BrN6O/c1-9-5-16-14(17-6-9)22-8-11-7-21(20-19-11)13-4-3-12(15)10(2)18-13/h3-7H,8H2,1-2H3. The SMILES string of the molecule is Cc1cnc(OCc2cn(-c3ccc(Br)c(C)n3)nn2)nc1. The number of nitrogens with zero attached hydrogens (tertiary/aromatic N) is 6. The van der Waals surface area contributed by atoms with Crippen molar-refractivity contribution in [1.82, 2.24) is 29.9 Å². The normalized spacial score (nSPS) is 10.7. The molecule has 0 aliphatic rings. The number of ether oxygens (including phenoxy) is 1. The van der Waals surface area contributed by atoms with Crippen molar-refractivity contribution in [1.29, 1.82) is 0 Å². The van der Waals surface area contributed by atoms with E-state index in [-0.39, 0.29) is 6.61 Å². The van der Waals surface area contributed by atoms with E-state index < -0.39 is 0 Å². The number of hydrogen-bond donors (Lipinski definition) is 0. The Hall–Kier alpha value is -2.35. The lowest BCUT2D eigenvalue weighted by atomic mass is 10.4. The topological polar surface area (TPSA) is 78.6 Å². The third kappa shape index (κ3) is 3.28. The van der Waals surface area contributed by atoms with Crippen LogP contribution in [0.3, 0.4) is 0 Å². The summed E-state index contributed by atoms with van der Waals surface area (Å²) in [5, 5.41) is 8.11. The van der Waals surface area contributed by atoms with Gasteiger partial charge < -0.3 is 4.74 Å². The second kappa shape index (κ2) is 6.18. The molecule has 0 amide bonds. The van der Waals surface area contributed by atoms with Crippen molar-refractivity contribution in [3.8, 4) is 11.8 Å². The molecule has 0 aromatic carbocycles. The quantitative estimate of drug-likeness (QED) is 0.710. The molecule has 3 rings (SSSR count). The molecule has 0 atom stereocenters. The first-order chi connectivity index (χ1) is 10.6. The molecule has 0 aliphatic carbocycles. The Morgan fingerprint density at radius 1 is 1.18 bits per heavy atom. The molecule has 0 spiro atoms. The van der Waals surface area contributed by atoms with Crippen molar-refractivity contribution in [2.75, 3.05) is 0 Å². The monoisotopic (exact) mass is 360 g/mol. The predicted octanol–water partition coefficient (Wildman–Crippen LogP) is 2.41. The minimum absolute atomic E-state index is 0.249. The fourth-order valence-corrected chi connectivity index (χ4v) is 1.95. The van der Waals surface area contributed by atoms with Gasteiger partial charge in [0.15, 0.2) is 5.82 Å². The van der Waals surface area contributed by atoms with Crippen molar-refractivity contribution in [2.24, 2.45) is 0 Å². The van der Waals surface area contributed by atoms with Gasteiger partial charge in [0, 0.05) is 16.9 Å². The fourth-order valence-electron chi connectivity index (χ4n) is 1.73. The summed E-state index contributed by atoms with van der Waals surface area (Å²) in [5.74, 6) is 0.700. The van der Waals surface area contributed by atoms with E-state index >= 15 is 0 Å². The van der Waals surface area contributed by atoms with Crippen molar-refractivity contribution < 1.29 is 4.74 Å². The Kier molecular flexibility index (Phi) is 4.10. The number of pyridine rings is 1. The van der Waals surface area contributed by atoms with Gasteiger partial charge in [0.25, 0.3) is 0 Å². The molecule has 3 aromatic rings. The van der Waals surface area contributed by atoms with Gasteiger partial charge in [0.05, 0.1) is 11.9 Å². The Balaban J connectivity index is 1.70. The summed E-state index contributed by atoms with van der Waals surface area (Å²) >= 11 is 3.42. The molecular formula is C14H13BrN6O. The highest BCUT2D eigenvalue weighted by Gasteiger charge is 2.07. The first kappa shape index (κ1) is 14.6. The van der Waals surface area contributed by atoms with E-state index in [1.165, 1.54) is 0 Å². The summed E-state index contributed by atoms with van der Waals surface area (Å²) in [6.45, 7) is 4.09. The summed E-state index contributed by atoms with van der Waals surface area (Å²) in [6.07, 6.45) is 5.17. The molecular weight excluding hydrogens is 348 g/mol. The summed E-state index contributed by atoms with van der Waals surface area (Å²) < 4.78 is 8.03. The van der Waals surface area contributed by atoms with Crippen LogP contribution >= 0.6 is 15.9 Å². The Bertz CT molecular complexity index is 786. The van der Waals surface area contributed by atoms with Crippen molar-refractivity contribution in [2.45, 2.75) is 20.5 Å². The smallest absolute Gasteiger partial charge is 0.316 e. The van der Waals surface area contributed by atoms with E-state index in [0.717, 1.165) is 15.7 Å². The largest absolute Gasteiger partial charge is 0.457 e. The molecule has 22 heavy (non-hydrogen) atoms. The second-order valence-corrected chi connectivity index (χ2v) is 5.58. The number of aromatic nitrogens is 6. The van der Waals surface area contributed by atoms with Crippen LogP contribution in [0.4, 0.5) is 0 Å². The highest BCUT2D eigenvalue weighted by molar-refractivity contribution is 9.10. The minimum Gasteiger partial charge on any atom is -0.457 e. The summed E-state index contributed by atoms with van der Waals surface area (Å²) in [7, 11) is 0. The van der Waals surface area contributed by atoms with Gasteiger partial charge in [-0.05, 0) is 47.5 Å². The average molecular weight is 361 g/mol. The second-order valence-electron chi connectivity index (χ2n) is 4.72. The Morgan fingerprint density at radius 3 is 2.68 bits per heavy atom. The maximum atomic E-state index is 5.47. The number of hydrogen-bond acceptors (Lipinski definition) is 6. The number of aryl methyl sites for hydroxylation is 2. The molecule has 112 valence electrons. The maximum Gasteiger partial charge on any atom is 0.316 e. The van der Waals surface area contributed by atoms with Gasteiger partial charge in [-0.3, -0.25) is 0 Å². The fraction of sp³-hybridized carbons (Fsp3) is 0.214. The zero-order valence-corrected chi connectivity index (χ0v) is 13.6. The third-order valence-corrected chi connectivity index (χ3v) is 3.73. The van der Waals surface area contributed by atoms with Gasteiger partial charge >= 0.3 is 6.01 Å². The van der Waals surface area contributed by atoms with Crippen LogP contribution < -0.4 is 4.74 Å². The summed E-state index contributed by atoms with van der Waals surface area (Å²) in [6, 6.07) is 4.10. The van der Waals surface area contributed by atoms with Gasteiger partial charge in [-0.1, -0.05) is 5.21 Å². The van der Waals surface area contributed by atoms with Gasteiger partial charge in [-0.2, -0.15) is 0 Å². The molecule has 8 heteroatoms. The highest BCUT2D eigenvalue weighted by atomic mass is 79.9. The van der Waals surface area contributed by atoms with E-state index in [9.17, 15) is 0 Å². The van der Waals surface area contributed by atoms with E-state index in [4.69, 9.17) is 4.74 Å². The lowest BCUT2D eigenvalue weighted by Crippen LogP contribution is -2.00. The molecule has 0 N–H and O–H groups in total. The van der Waals surface area contributed by atoms with Gasteiger partial charge in [-0.15, -0.1) is 5.10 Å². The first-order valence-electron chi connectivity index (χ1n) is 6.58. The van der Waals surface area contributed by atoms with E-state index in [1.807, 2.05) is 26.0 Å².